The maximum atomic E-state index is 9.17. The molecule has 2 rings (SSSR count). The number of nitrogens with zero attached hydrogens (tertiary/aromatic N) is 2. The summed E-state index contributed by atoms with van der Waals surface area (Å²) in [7, 11) is 2.02. The highest BCUT2D eigenvalue weighted by atomic mass is 79.9. The molecule has 0 N–H and O–H groups in total. The molecule has 1 aliphatic heterocycles. The summed E-state index contributed by atoms with van der Waals surface area (Å²) in [6.07, 6.45) is 3.81. The average molecular weight is 309 g/mol. The lowest BCUT2D eigenvalue weighted by Gasteiger charge is -2.29. The van der Waals surface area contributed by atoms with Crippen LogP contribution in [0.1, 0.15) is 24.8 Å². The molecular weight excluding hydrogens is 292 g/mol. The van der Waals surface area contributed by atoms with Crippen molar-refractivity contribution in [1.82, 2.24) is 0 Å². The molecule has 1 heterocycles. The fraction of sp³-hybridized carbons (Fsp3) is 0.500. The van der Waals surface area contributed by atoms with Crippen LogP contribution in [0.2, 0.25) is 0 Å². The van der Waals surface area contributed by atoms with E-state index >= 15 is 0 Å². The number of benzene rings is 1. The molecule has 0 amide bonds. The minimum absolute atomic E-state index is 0.291. The van der Waals surface area contributed by atoms with E-state index in [2.05, 4.69) is 26.9 Å². The molecule has 4 heteroatoms. The number of ether oxygens (including phenoxy) is 1. The smallest absolute Gasteiger partial charge is 0.101 e. The van der Waals surface area contributed by atoms with Crippen molar-refractivity contribution in [2.45, 2.75) is 25.4 Å². The average Bonchev–Trinajstić information content (AvgIpc) is 2.39. The molecule has 18 heavy (non-hydrogen) atoms. The molecule has 96 valence electrons. The summed E-state index contributed by atoms with van der Waals surface area (Å²) >= 11 is 3.39. The normalized spacial score (nSPS) is 19.3. The Labute approximate surface area is 116 Å². The van der Waals surface area contributed by atoms with Crippen LogP contribution in [0.15, 0.2) is 22.7 Å². The van der Waals surface area contributed by atoms with Crippen LogP contribution in [-0.4, -0.2) is 26.3 Å². The Morgan fingerprint density at radius 3 is 3.00 bits per heavy atom. The van der Waals surface area contributed by atoms with E-state index < -0.39 is 0 Å². The van der Waals surface area contributed by atoms with Gasteiger partial charge in [0.15, 0.2) is 0 Å². The second kappa shape index (κ2) is 6.21. The van der Waals surface area contributed by atoms with Crippen LogP contribution in [0.4, 0.5) is 5.69 Å². The van der Waals surface area contributed by atoms with E-state index in [-0.39, 0.29) is 0 Å². The van der Waals surface area contributed by atoms with Gasteiger partial charge in [-0.1, -0.05) is 15.9 Å². The van der Waals surface area contributed by atoms with Crippen molar-refractivity contribution in [3.63, 3.8) is 0 Å². The molecule has 0 aromatic heterocycles. The van der Waals surface area contributed by atoms with Gasteiger partial charge in [0.1, 0.15) is 6.07 Å². The summed E-state index contributed by atoms with van der Waals surface area (Å²) in [4.78, 5) is 2.11. The Hall–Kier alpha value is -1.05. The minimum Gasteiger partial charge on any atom is -0.376 e. The molecule has 1 aromatic carbocycles. The summed E-state index contributed by atoms with van der Waals surface area (Å²) in [6.45, 7) is 1.71. The summed E-state index contributed by atoms with van der Waals surface area (Å²) in [6, 6.07) is 8.04. The van der Waals surface area contributed by atoms with Crippen molar-refractivity contribution < 1.29 is 4.74 Å². The number of hydrogen-bond donors (Lipinski definition) is 0. The van der Waals surface area contributed by atoms with Gasteiger partial charge >= 0.3 is 0 Å². The zero-order valence-corrected chi connectivity index (χ0v) is 12.1. The second-order valence-electron chi connectivity index (χ2n) is 4.64. The quantitative estimate of drug-likeness (QED) is 0.859. The first-order chi connectivity index (χ1) is 8.70. The first-order valence-electron chi connectivity index (χ1n) is 6.23. The van der Waals surface area contributed by atoms with Crippen LogP contribution >= 0.6 is 15.9 Å². The first kappa shape index (κ1) is 13.4. The molecular formula is C14H17BrN2O. The van der Waals surface area contributed by atoms with E-state index in [9.17, 15) is 0 Å². The Balaban J connectivity index is 2.08. The van der Waals surface area contributed by atoms with Gasteiger partial charge in [0, 0.05) is 24.7 Å². The summed E-state index contributed by atoms with van der Waals surface area (Å²) < 4.78 is 6.67. The largest absolute Gasteiger partial charge is 0.376 e. The van der Waals surface area contributed by atoms with Crippen LogP contribution < -0.4 is 4.90 Å². The standard InChI is InChI=1S/C14H17BrN2O/c1-17(10-13-4-2-3-7-18-13)14-6-5-12(15)8-11(14)9-16/h5-6,8,13H,2-4,7,10H2,1H3. The summed E-state index contributed by atoms with van der Waals surface area (Å²) in [5.41, 5.74) is 1.66. The van der Waals surface area contributed by atoms with Crippen LogP contribution in [0.25, 0.3) is 0 Å². The predicted octanol–water partition coefficient (Wildman–Crippen LogP) is 3.33. The highest BCUT2D eigenvalue weighted by Crippen LogP contribution is 2.24. The molecule has 0 saturated carbocycles. The topological polar surface area (TPSA) is 36.3 Å². The maximum absolute atomic E-state index is 9.17. The van der Waals surface area contributed by atoms with Gasteiger partial charge < -0.3 is 9.64 Å². The SMILES string of the molecule is CN(CC1CCCCO1)c1ccc(Br)cc1C#N. The van der Waals surface area contributed by atoms with Crippen LogP contribution in [-0.2, 0) is 4.74 Å². The lowest BCUT2D eigenvalue weighted by atomic mass is 10.1. The number of rotatable bonds is 3. The van der Waals surface area contributed by atoms with Gasteiger partial charge in [0.25, 0.3) is 0 Å². The van der Waals surface area contributed by atoms with Gasteiger partial charge in [-0.15, -0.1) is 0 Å². The van der Waals surface area contributed by atoms with E-state index in [1.165, 1.54) is 12.8 Å². The molecule has 0 aliphatic carbocycles. The summed E-state index contributed by atoms with van der Waals surface area (Å²) in [5, 5.41) is 9.17. The first-order valence-corrected chi connectivity index (χ1v) is 7.02. The molecule has 1 fully saturated rings. The molecule has 3 nitrogen and oxygen atoms in total. The van der Waals surface area contributed by atoms with E-state index in [4.69, 9.17) is 10.00 Å². The highest BCUT2D eigenvalue weighted by Gasteiger charge is 2.17. The van der Waals surface area contributed by atoms with E-state index in [1.54, 1.807) is 0 Å². The molecule has 1 unspecified atom stereocenters. The van der Waals surface area contributed by atoms with Gasteiger partial charge in [0.2, 0.25) is 0 Å². The third kappa shape index (κ3) is 3.24. The number of nitriles is 1. The van der Waals surface area contributed by atoms with Crippen LogP contribution in [0.5, 0.6) is 0 Å². The lowest BCUT2D eigenvalue weighted by molar-refractivity contribution is 0.0216. The van der Waals surface area contributed by atoms with Crippen LogP contribution in [0.3, 0.4) is 0 Å². The fourth-order valence-electron chi connectivity index (χ4n) is 2.29. The van der Waals surface area contributed by atoms with Gasteiger partial charge in [-0.3, -0.25) is 0 Å². The Morgan fingerprint density at radius 2 is 2.33 bits per heavy atom. The third-order valence-corrected chi connectivity index (χ3v) is 3.74. The molecule has 1 aromatic rings. The van der Waals surface area contributed by atoms with Crippen molar-refractivity contribution in [3.8, 4) is 6.07 Å². The maximum Gasteiger partial charge on any atom is 0.101 e. The lowest BCUT2D eigenvalue weighted by Crippen LogP contribution is -2.33. The third-order valence-electron chi connectivity index (χ3n) is 3.24. The van der Waals surface area contributed by atoms with Crippen molar-refractivity contribution >= 4 is 21.6 Å². The minimum atomic E-state index is 0.291. The molecule has 1 saturated heterocycles. The van der Waals surface area contributed by atoms with E-state index in [0.29, 0.717) is 11.7 Å². The zero-order chi connectivity index (χ0) is 13.0. The number of hydrogen-bond acceptors (Lipinski definition) is 3. The van der Waals surface area contributed by atoms with E-state index in [0.717, 1.165) is 29.7 Å². The van der Waals surface area contributed by atoms with Gasteiger partial charge in [-0.25, -0.2) is 0 Å². The van der Waals surface area contributed by atoms with Gasteiger partial charge in [-0.05, 0) is 37.5 Å². The zero-order valence-electron chi connectivity index (χ0n) is 10.5. The Morgan fingerprint density at radius 1 is 1.50 bits per heavy atom. The second-order valence-corrected chi connectivity index (χ2v) is 5.56. The monoisotopic (exact) mass is 308 g/mol. The van der Waals surface area contributed by atoms with E-state index in [1.807, 2.05) is 25.2 Å². The highest BCUT2D eigenvalue weighted by molar-refractivity contribution is 9.10. The molecule has 1 atom stereocenters. The van der Waals surface area contributed by atoms with Gasteiger partial charge in [0.05, 0.1) is 17.4 Å². The van der Waals surface area contributed by atoms with Gasteiger partial charge in [-0.2, -0.15) is 5.26 Å². The predicted molar refractivity (Wildman–Crippen MR) is 75.7 cm³/mol. The van der Waals surface area contributed by atoms with Crippen molar-refractivity contribution in [2.24, 2.45) is 0 Å². The molecule has 0 radical (unpaired) electrons. The van der Waals surface area contributed by atoms with Crippen molar-refractivity contribution in [3.05, 3.63) is 28.2 Å². The number of likely N-dealkylation sites (N-methyl/N-ethyl adjacent to an activating group) is 1. The summed E-state index contributed by atoms with van der Waals surface area (Å²) in [5.74, 6) is 0. The number of halogens is 1. The van der Waals surface area contributed by atoms with Crippen molar-refractivity contribution in [2.75, 3.05) is 25.1 Å². The molecule has 0 spiro atoms. The molecule has 1 aliphatic rings. The fourth-order valence-corrected chi connectivity index (χ4v) is 2.65. The van der Waals surface area contributed by atoms with Crippen molar-refractivity contribution in [1.29, 1.82) is 5.26 Å². The Kier molecular flexibility index (Phi) is 4.62. The number of anilines is 1. The van der Waals surface area contributed by atoms with Crippen LogP contribution in [0, 0.1) is 11.3 Å². The Bertz CT molecular complexity index is 450. The molecule has 0 bridgehead atoms.